The highest BCUT2D eigenvalue weighted by Crippen LogP contribution is 2.28. The van der Waals surface area contributed by atoms with E-state index >= 15 is 0 Å². The molecule has 2 N–H and O–H groups in total. The van der Waals surface area contributed by atoms with E-state index in [4.69, 9.17) is 9.15 Å². The number of hydrogen-bond acceptors (Lipinski definition) is 9. The van der Waals surface area contributed by atoms with Gasteiger partial charge in [0, 0.05) is 24.5 Å². The lowest BCUT2D eigenvalue weighted by atomic mass is 10.2. The number of aromatic nitrogens is 4. The normalized spacial score (nSPS) is 14.9. The molecule has 0 atom stereocenters. The highest BCUT2D eigenvalue weighted by atomic mass is 32.1. The molecule has 10 nitrogen and oxygen atoms in total. The molecule has 0 spiro atoms. The number of tetrazole rings is 1. The van der Waals surface area contributed by atoms with Crippen LogP contribution in [0, 0.1) is 0 Å². The third kappa shape index (κ3) is 2.63. The number of thiophene rings is 1. The summed E-state index contributed by atoms with van der Waals surface area (Å²) in [4.78, 5) is 26.6. The van der Waals surface area contributed by atoms with Gasteiger partial charge in [0.2, 0.25) is 5.43 Å². The Morgan fingerprint density at radius 3 is 2.96 bits per heavy atom. The van der Waals surface area contributed by atoms with Crippen molar-refractivity contribution in [2.24, 2.45) is 0 Å². The molecule has 1 aliphatic rings. The van der Waals surface area contributed by atoms with E-state index in [2.05, 4.69) is 25.9 Å². The number of ether oxygens (including phenoxy) is 1. The van der Waals surface area contributed by atoms with Crippen molar-refractivity contribution in [3.05, 3.63) is 27.2 Å². The fourth-order valence-corrected chi connectivity index (χ4v) is 3.29. The van der Waals surface area contributed by atoms with Crippen LogP contribution in [0.15, 0.2) is 20.7 Å². The Kier molecular flexibility index (Phi) is 3.70. The number of hydrogen-bond donors (Lipinski definition) is 2. The fourth-order valence-electron chi connectivity index (χ4n) is 2.41. The summed E-state index contributed by atoms with van der Waals surface area (Å²) >= 11 is 1.16. The van der Waals surface area contributed by atoms with Gasteiger partial charge in [-0.05, 0) is 5.21 Å². The zero-order chi connectivity index (χ0) is 16.5. The Balaban J connectivity index is 1.72. The lowest BCUT2D eigenvalue weighted by Crippen LogP contribution is -2.36. The summed E-state index contributed by atoms with van der Waals surface area (Å²) in [6.45, 7) is 2.39. The second kappa shape index (κ2) is 6.02. The molecular formula is C13H12N6O4S. The predicted molar refractivity (Wildman–Crippen MR) is 85.5 cm³/mol. The number of fused-ring (bicyclic) bond motifs is 1. The number of anilines is 2. The largest absolute Gasteiger partial charge is 0.439 e. The molecule has 1 saturated heterocycles. The lowest BCUT2D eigenvalue weighted by molar-refractivity contribution is 0.102. The van der Waals surface area contributed by atoms with Crippen molar-refractivity contribution in [2.45, 2.75) is 0 Å². The van der Waals surface area contributed by atoms with E-state index in [1.54, 1.807) is 5.38 Å². The Labute approximate surface area is 138 Å². The second-order valence-electron chi connectivity index (χ2n) is 5.05. The molecule has 3 aromatic rings. The molecule has 0 aliphatic carbocycles. The highest BCUT2D eigenvalue weighted by molar-refractivity contribution is 7.17. The fraction of sp³-hybridized carbons (Fsp3) is 0.308. The van der Waals surface area contributed by atoms with Gasteiger partial charge in [-0.15, -0.1) is 16.4 Å². The van der Waals surface area contributed by atoms with Crippen LogP contribution in [0.4, 0.5) is 11.8 Å². The van der Waals surface area contributed by atoms with Gasteiger partial charge in [-0.2, -0.15) is 5.21 Å². The summed E-state index contributed by atoms with van der Waals surface area (Å²) in [5.41, 5.74) is 0.336. The highest BCUT2D eigenvalue weighted by Gasteiger charge is 2.21. The van der Waals surface area contributed by atoms with E-state index < -0.39 is 5.91 Å². The third-order valence-electron chi connectivity index (χ3n) is 3.57. The average molecular weight is 348 g/mol. The number of aromatic amines is 1. The quantitative estimate of drug-likeness (QED) is 0.699. The zero-order valence-corrected chi connectivity index (χ0v) is 13.1. The molecule has 0 bridgehead atoms. The number of rotatable bonds is 3. The Morgan fingerprint density at radius 1 is 1.38 bits per heavy atom. The van der Waals surface area contributed by atoms with Crippen molar-refractivity contribution in [3.63, 3.8) is 0 Å². The number of H-pyrrole nitrogens is 1. The first-order chi connectivity index (χ1) is 11.7. The van der Waals surface area contributed by atoms with E-state index in [0.29, 0.717) is 36.9 Å². The molecular weight excluding hydrogens is 336 g/mol. The Morgan fingerprint density at radius 2 is 2.21 bits per heavy atom. The van der Waals surface area contributed by atoms with Gasteiger partial charge in [-0.25, -0.2) is 0 Å². The molecule has 3 aromatic heterocycles. The van der Waals surface area contributed by atoms with Crippen LogP contribution in [0.5, 0.6) is 0 Å². The molecule has 124 valence electrons. The SMILES string of the molecule is O=C(Nc1nn[nH]n1)c1csc2c(=O)cc(N3CCOCC3)oc12. The molecule has 0 saturated carbocycles. The van der Waals surface area contributed by atoms with E-state index in [1.165, 1.54) is 6.07 Å². The van der Waals surface area contributed by atoms with Crippen molar-refractivity contribution in [1.29, 1.82) is 0 Å². The van der Waals surface area contributed by atoms with Crippen LogP contribution < -0.4 is 15.6 Å². The summed E-state index contributed by atoms with van der Waals surface area (Å²) in [7, 11) is 0. The first-order valence-electron chi connectivity index (χ1n) is 7.15. The van der Waals surface area contributed by atoms with Crippen molar-refractivity contribution >= 4 is 39.4 Å². The smallest absolute Gasteiger partial charge is 0.270 e. The predicted octanol–water partition coefficient (Wildman–Crippen LogP) is 0.456. The minimum Gasteiger partial charge on any atom is -0.439 e. The van der Waals surface area contributed by atoms with Crippen LogP contribution in [0.1, 0.15) is 10.4 Å². The average Bonchev–Trinajstić information content (AvgIpc) is 3.25. The molecule has 4 rings (SSSR count). The van der Waals surface area contributed by atoms with Gasteiger partial charge in [0.05, 0.1) is 18.8 Å². The molecule has 0 unspecified atom stereocenters. The Hall–Kier alpha value is -2.79. The van der Waals surface area contributed by atoms with Gasteiger partial charge in [0.15, 0.2) is 11.5 Å². The first kappa shape index (κ1) is 14.8. The summed E-state index contributed by atoms with van der Waals surface area (Å²) in [5, 5.41) is 17.0. The first-order valence-corrected chi connectivity index (χ1v) is 8.03. The summed E-state index contributed by atoms with van der Waals surface area (Å²) in [5.74, 6) is 0.0127. The topological polar surface area (TPSA) is 126 Å². The number of nitrogens with one attached hydrogen (secondary N) is 2. The lowest BCUT2D eigenvalue weighted by Gasteiger charge is -2.27. The maximum Gasteiger partial charge on any atom is 0.270 e. The third-order valence-corrected chi connectivity index (χ3v) is 4.54. The van der Waals surface area contributed by atoms with Gasteiger partial charge in [-0.3, -0.25) is 14.9 Å². The van der Waals surface area contributed by atoms with E-state index in [-0.39, 0.29) is 22.5 Å². The molecule has 4 heterocycles. The van der Waals surface area contributed by atoms with Gasteiger partial charge in [0.1, 0.15) is 4.70 Å². The molecule has 24 heavy (non-hydrogen) atoms. The number of morpholine rings is 1. The van der Waals surface area contributed by atoms with Gasteiger partial charge >= 0.3 is 0 Å². The minimum absolute atomic E-state index is 0.0473. The molecule has 11 heteroatoms. The van der Waals surface area contributed by atoms with E-state index in [9.17, 15) is 9.59 Å². The molecule has 1 aliphatic heterocycles. The van der Waals surface area contributed by atoms with Crippen LogP contribution in [0.25, 0.3) is 10.3 Å². The van der Waals surface area contributed by atoms with Crippen LogP contribution in [-0.2, 0) is 4.74 Å². The second-order valence-corrected chi connectivity index (χ2v) is 5.93. The van der Waals surface area contributed by atoms with E-state index in [0.717, 1.165) is 11.3 Å². The van der Waals surface area contributed by atoms with Crippen molar-refractivity contribution in [3.8, 4) is 0 Å². The van der Waals surface area contributed by atoms with Crippen LogP contribution in [0.2, 0.25) is 0 Å². The van der Waals surface area contributed by atoms with Crippen LogP contribution in [0.3, 0.4) is 0 Å². The number of carbonyl (C=O) groups is 1. The van der Waals surface area contributed by atoms with Crippen molar-refractivity contribution < 1.29 is 13.9 Å². The maximum absolute atomic E-state index is 12.4. The van der Waals surface area contributed by atoms with Crippen molar-refractivity contribution in [2.75, 3.05) is 36.5 Å². The monoisotopic (exact) mass is 348 g/mol. The van der Waals surface area contributed by atoms with E-state index in [1.807, 2.05) is 4.90 Å². The number of amides is 1. The summed E-state index contributed by atoms with van der Waals surface area (Å²) in [6.07, 6.45) is 0. The van der Waals surface area contributed by atoms with Crippen LogP contribution in [-0.4, -0.2) is 52.8 Å². The summed E-state index contributed by atoms with van der Waals surface area (Å²) < 4.78 is 11.5. The standard InChI is InChI=1S/C13H12N6O4S/c20-8-5-9(19-1-3-22-4-2-19)23-10-7(6-24-11(8)10)12(21)14-13-15-17-18-16-13/h5-6H,1-4H2,(H2,14,15,16,17,18,21). The number of nitrogens with zero attached hydrogens (tertiary/aromatic N) is 4. The molecule has 1 amide bonds. The van der Waals surface area contributed by atoms with Gasteiger partial charge < -0.3 is 14.1 Å². The Bertz CT molecular complexity index is 928. The maximum atomic E-state index is 12.4. The van der Waals surface area contributed by atoms with Crippen LogP contribution >= 0.6 is 11.3 Å². The molecule has 0 radical (unpaired) electrons. The minimum atomic E-state index is -0.468. The summed E-state index contributed by atoms with van der Waals surface area (Å²) in [6, 6.07) is 1.45. The number of carbonyl (C=O) groups excluding carboxylic acids is 1. The van der Waals surface area contributed by atoms with Crippen molar-refractivity contribution in [1.82, 2.24) is 20.6 Å². The van der Waals surface area contributed by atoms with Gasteiger partial charge in [-0.1, -0.05) is 5.10 Å². The molecule has 0 aromatic carbocycles. The molecule has 1 fully saturated rings. The van der Waals surface area contributed by atoms with Gasteiger partial charge in [0.25, 0.3) is 11.9 Å². The zero-order valence-electron chi connectivity index (χ0n) is 12.3.